The number of benzene rings is 1. The van der Waals surface area contributed by atoms with Gasteiger partial charge in [0.1, 0.15) is 11.8 Å². The van der Waals surface area contributed by atoms with Crippen LogP contribution in [0, 0.1) is 5.82 Å². The van der Waals surface area contributed by atoms with Crippen LogP contribution in [0.1, 0.15) is 23.0 Å². The SMILES string of the molecule is CC(=O)NC[C@H]1CN(c2ccc(C(=O)c3cnc4ncc(F)cn34)cc2)C(=O)O1. The highest BCUT2D eigenvalue weighted by Crippen LogP contribution is 2.23. The average molecular weight is 397 g/mol. The smallest absolute Gasteiger partial charge is 0.414 e. The molecule has 9 nitrogen and oxygen atoms in total. The monoisotopic (exact) mass is 397 g/mol. The van der Waals surface area contributed by atoms with E-state index in [1.54, 1.807) is 24.3 Å². The first-order valence-corrected chi connectivity index (χ1v) is 8.78. The molecule has 10 heteroatoms. The van der Waals surface area contributed by atoms with Gasteiger partial charge in [-0.2, -0.15) is 0 Å². The van der Waals surface area contributed by atoms with Crippen molar-refractivity contribution in [3.63, 3.8) is 0 Å². The summed E-state index contributed by atoms with van der Waals surface area (Å²) in [5.74, 6) is -0.925. The van der Waals surface area contributed by atoms with Gasteiger partial charge in [-0.25, -0.2) is 19.2 Å². The van der Waals surface area contributed by atoms with Gasteiger partial charge >= 0.3 is 6.09 Å². The van der Waals surface area contributed by atoms with Crippen LogP contribution in [0.25, 0.3) is 5.78 Å². The standard InChI is InChI=1S/C19H16FN5O4/c1-11(26)21-7-15-10-24(19(28)29-15)14-4-2-12(3-5-14)17(27)16-8-23-18-22-6-13(20)9-25(16)18/h2-6,8-9,15H,7,10H2,1H3,(H,21,26)/t15-/m0/s1. The van der Waals surface area contributed by atoms with Crippen LogP contribution in [0.3, 0.4) is 0 Å². The second-order valence-electron chi connectivity index (χ2n) is 6.52. The van der Waals surface area contributed by atoms with E-state index < -0.39 is 18.0 Å². The molecular formula is C19H16FN5O4. The maximum absolute atomic E-state index is 13.5. The van der Waals surface area contributed by atoms with E-state index >= 15 is 0 Å². The van der Waals surface area contributed by atoms with Crippen LogP contribution in [0.15, 0.2) is 42.9 Å². The van der Waals surface area contributed by atoms with Gasteiger partial charge in [-0.05, 0) is 24.3 Å². The van der Waals surface area contributed by atoms with Crippen molar-refractivity contribution < 1.29 is 23.5 Å². The fourth-order valence-electron chi connectivity index (χ4n) is 3.05. The lowest BCUT2D eigenvalue weighted by Crippen LogP contribution is -2.33. The Morgan fingerprint density at radius 2 is 1.97 bits per heavy atom. The van der Waals surface area contributed by atoms with Crippen molar-refractivity contribution in [3.05, 3.63) is 59.9 Å². The fraction of sp³-hybridized carbons (Fsp3) is 0.211. The van der Waals surface area contributed by atoms with E-state index in [0.717, 1.165) is 12.4 Å². The first kappa shape index (κ1) is 18.5. The molecule has 0 spiro atoms. The summed E-state index contributed by atoms with van der Waals surface area (Å²) in [6.45, 7) is 1.90. The third-order valence-corrected chi connectivity index (χ3v) is 4.46. The molecule has 3 heterocycles. The number of nitrogens with zero attached hydrogens (tertiary/aromatic N) is 4. The number of cyclic esters (lactones) is 1. The summed E-state index contributed by atoms with van der Waals surface area (Å²) in [6.07, 6.45) is 2.53. The van der Waals surface area contributed by atoms with Crippen LogP contribution in [-0.4, -0.2) is 51.3 Å². The second kappa shape index (κ2) is 7.30. The normalized spacial score (nSPS) is 16.1. The number of ether oxygens (including phenoxy) is 1. The summed E-state index contributed by atoms with van der Waals surface area (Å²) < 4.78 is 20.0. The fourth-order valence-corrected chi connectivity index (χ4v) is 3.05. The van der Waals surface area contributed by atoms with Gasteiger partial charge in [-0.15, -0.1) is 0 Å². The Bertz CT molecular complexity index is 1110. The zero-order valence-corrected chi connectivity index (χ0v) is 15.3. The van der Waals surface area contributed by atoms with Gasteiger partial charge in [0.2, 0.25) is 17.5 Å². The first-order valence-electron chi connectivity index (χ1n) is 8.78. The number of hydrogen-bond donors (Lipinski definition) is 1. The molecule has 0 radical (unpaired) electrons. The Kier molecular flexibility index (Phi) is 4.67. The number of amides is 2. The Morgan fingerprint density at radius 3 is 2.69 bits per heavy atom. The van der Waals surface area contributed by atoms with Crippen LogP contribution in [0.4, 0.5) is 14.9 Å². The number of imidazole rings is 1. The molecule has 1 aliphatic heterocycles. The van der Waals surface area contributed by atoms with Gasteiger partial charge in [-0.1, -0.05) is 0 Å². The Hall–Kier alpha value is -3.82. The molecule has 0 bridgehead atoms. The number of hydrogen-bond acceptors (Lipinski definition) is 6. The number of rotatable bonds is 5. The van der Waals surface area contributed by atoms with E-state index in [1.165, 1.54) is 22.4 Å². The zero-order valence-electron chi connectivity index (χ0n) is 15.3. The second-order valence-corrected chi connectivity index (χ2v) is 6.52. The quantitative estimate of drug-likeness (QED) is 0.655. The van der Waals surface area contributed by atoms with E-state index in [2.05, 4.69) is 15.3 Å². The summed E-state index contributed by atoms with van der Waals surface area (Å²) in [6, 6.07) is 6.38. The van der Waals surface area contributed by atoms with Crippen LogP contribution < -0.4 is 10.2 Å². The predicted octanol–water partition coefficient (Wildman–Crippen LogP) is 1.56. The number of ketones is 1. The van der Waals surface area contributed by atoms with Gasteiger partial charge in [0.15, 0.2) is 5.82 Å². The molecule has 1 fully saturated rings. The summed E-state index contributed by atoms with van der Waals surface area (Å²) in [5.41, 5.74) is 1.08. The number of carbonyl (C=O) groups is 3. The first-order chi connectivity index (χ1) is 13.9. The summed E-state index contributed by atoms with van der Waals surface area (Å²) in [5, 5.41) is 2.61. The van der Waals surface area contributed by atoms with Crippen molar-refractivity contribution in [3.8, 4) is 0 Å². The van der Waals surface area contributed by atoms with Crippen molar-refractivity contribution in [2.75, 3.05) is 18.0 Å². The molecule has 29 heavy (non-hydrogen) atoms. The molecule has 1 aliphatic rings. The number of nitrogens with one attached hydrogen (secondary N) is 1. The number of anilines is 1. The van der Waals surface area contributed by atoms with Gasteiger partial charge in [0.25, 0.3) is 0 Å². The lowest BCUT2D eigenvalue weighted by Gasteiger charge is -2.13. The molecular weight excluding hydrogens is 381 g/mol. The lowest BCUT2D eigenvalue weighted by molar-refractivity contribution is -0.119. The van der Waals surface area contributed by atoms with E-state index in [4.69, 9.17) is 4.74 Å². The molecule has 3 aromatic rings. The van der Waals surface area contributed by atoms with Crippen molar-refractivity contribution in [1.82, 2.24) is 19.7 Å². The average Bonchev–Trinajstić information content (AvgIpc) is 3.29. The van der Waals surface area contributed by atoms with E-state index in [0.29, 0.717) is 11.3 Å². The van der Waals surface area contributed by atoms with Crippen LogP contribution in [0.2, 0.25) is 0 Å². The molecule has 1 saturated heterocycles. The van der Waals surface area contributed by atoms with Crippen molar-refractivity contribution in [2.45, 2.75) is 13.0 Å². The van der Waals surface area contributed by atoms with Gasteiger partial charge in [-0.3, -0.25) is 18.9 Å². The van der Waals surface area contributed by atoms with Gasteiger partial charge in [0.05, 0.1) is 31.7 Å². The number of halogens is 1. The highest BCUT2D eigenvalue weighted by atomic mass is 19.1. The van der Waals surface area contributed by atoms with Crippen LogP contribution in [0.5, 0.6) is 0 Å². The Morgan fingerprint density at radius 1 is 1.24 bits per heavy atom. The topological polar surface area (TPSA) is 106 Å². The molecule has 148 valence electrons. The molecule has 0 saturated carbocycles. The minimum atomic E-state index is -0.582. The number of carbonyl (C=O) groups excluding carboxylic acids is 3. The number of aromatic nitrogens is 3. The Balaban J connectivity index is 1.52. The van der Waals surface area contributed by atoms with Crippen LogP contribution in [-0.2, 0) is 9.53 Å². The van der Waals surface area contributed by atoms with Gasteiger partial charge in [0, 0.05) is 18.2 Å². The van der Waals surface area contributed by atoms with Crippen molar-refractivity contribution >= 4 is 29.2 Å². The summed E-state index contributed by atoms with van der Waals surface area (Å²) in [7, 11) is 0. The van der Waals surface area contributed by atoms with E-state index in [1.807, 2.05) is 0 Å². The van der Waals surface area contributed by atoms with Crippen molar-refractivity contribution in [1.29, 1.82) is 0 Å². The maximum Gasteiger partial charge on any atom is 0.414 e. The minimum Gasteiger partial charge on any atom is -0.442 e. The third-order valence-electron chi connectivity index (χ3n) is 4.46. The van der Waals surface area contributed by atoms with Crippen molar-refractivity contribution in [2.24, 2.45) is 0 Å². The molecule has 4 rings (SSSR count). The number of fused-ring (bicyclic) bond motifs is 1. The molecule has 2 aromatic heterocycles. The lowest BCUT2D eigenvalue weighted by atomic mass is 10.1. The summed E-state index contributed by atoms with van der Waals surface area (Å²) in [4.78, 5) is 45.1. The zero-order chi connectivity index (χ0) is 20.5. The molecule has 0 aliphatic carbocycles. The van der Waals surface area contributed by atoms with E-state index in [9.17, 15) is 18.8 Å². The molecule has 1 aromatic carbocycles. The minimum absolute atomic E-state index is 0.177. The molecule has 0 unspecified atom stereocenters. The highest BCUT2D eigenvalue weighted by molar-refractivity contribution is 6.08. The van der Waals surface area contributed by atoms with Crippen LogP contribution >= 0.6 is 0 Å². The summed E-state index contributed by atoms with van der Waals surface area (Å²) >= 11 is 0. The predicted molar refractivity (Wildman–Crippen MR) is 99.1 cm³/mol. The molecule has 1 atom stereocenters. The van der Waals surface area contributed by atoms with Gasteiger partial charge < -0.3 is 10.1 Å². The largest absolute Gasteiger partial charge is 0.442 e. The third kappa shape index (κ3) is 3.64. The maximum atomic E-state index is 13.5. The van der Waals surface area contributed by atoms with E-state index in [-0.39, 0.29) is 36.3 Å². The molecule has 1 N–H and O–H groups in total. The highest BCUT2D eigenvalue weighted by Gasteiger charge is 2.32. The molecule has 2 amide bonds. The Labute approximate surface area is 164 Å².